The molecule has 0 saturated carbocycles. The van der Waals surface area contributed by atoms with E-state index < -0.39 is 0 Å². The first-order valence-corrected chi connectivity index (χ1v) is 4.55. The van der Waals surface area contributed by atoms with Crippen molar-refractivity contribution in [3.05, 3.63) is 0 Å². The predicted molar refractivity (Wildman–Crippen MR) is 50.2 cm³/mol. The van der Waals surface area contributed by atoms with Crippen molar-refractivity contribution in [2.24, 2.45) is 11.5 Å². The first-order chi connectivity index (χ1) is 6.28. The molecule has 1 rings (SSSR count). The Bertz CT molecular complexity index is 102. The van der Waals surface area contributed by atoms with Crippen LogP contribution in [0.25, 0.3) is 0 Å². The highest BCUT2D eigenvalue weighted by molar-refractivity contribution is 4.71. The van der Waals surface area contributed by atoms with Gasteiger partial charge in [0.1, 0.15) is 0 Å². The molecule has 1 aliphatic heterocycles. The maximum Gasteiger partial charge on any atom is 0.0811 e. The van der Waals surface area contributed by atoms with Gasteiger partial charge in [-0.1, -0.05) is 0 Å². The van der Waals surface area contributed by atoms with Crippen LogP contribution >= 0.6 is 0 Å². The van der Waals surface area contributed by atoms with Crippen molar-refractivity contribution in [3.8, 4) is 0 Å². The molecule has 0 spiro atoms. The van der Waals surface area contributed by atoms with Crippen molar-refractivity contribution in [2.45, 2.75) is 25.0 Å². The lowest BCUT2D eigenvalue weighted by Crippen LogP contribution is -2.16. The summed E-state index contributed by atoms with van der Waals surface area (Å²) in [6.07, 6.45) is 1.70. The van der Waals surface area contributed by atoms with Crippen LogP contribution in [0.5, 0.6) is 0 Å². The van der Waals surface area contributed by atoms with Gasteiger partial charge in [-0.05, 0) is 12.8 Å². The average molecular weight is 192 g/mol. The lowest BCUT2D eigenvalue weighted by atomic mass is 10.2. The van der Waals surface area contributed by atoms with Gasteiger partial charge < -0.3 is 26.4 Å². The summed E-state index contributed by atoms with van der Waals surface area (Å²) in [7, 11) is 0. The molecule has 1 fully saturated rings. The standard InChI is InChI=1S/C6H12O3.C2H8N2/c7-3-5-1-2-6(4-8)9-5;3-1-2-4/h5-8H,1-4H2;1-4H2. The average Bonchev–Trinajstić information content (AvgIpc) is 2.66. The van der Waals surface area contributed by atoms with Crippen LogP contribution in [0.3, 0.4) is 0 Å². The Morgan fingerprint density at radius 3 is 1.54 bits per heavy atom. The van der Waals surface area contributed by atoms with Gasteiger partial charge in [0.25, 0.3) is 0 Å². The van der Waals surface area contributed by atoms with Crippen LogP contribution in [0.4, 0.5) is 0 Å². The van der Waals surface area contributed by atoms with Crippen LogP contribution < -0.4 is 11.5 Å². The second kappa shape index (κ2) is 8.40. The van der Waals surface area contributed by atoms with Crippen LogP contribution in [-0.2, 0) is 4.74 Å². The highest BCUT2D eigenvalue weighted by Gasteiger charge is 2.23. The van der Waals surface area contributed by atoms with Crippen LogP contribution in [0, 0.1) is 0 Å². The molecule has 0 aromatic rings. The van der Waals surface area contributed by atoms with Gasteiger partial charge in [0.2, 0.25) is 0 Å². The Balaban J connectivity index is 0.000000310. The molecular weight excluding hydrogens is 172 g/mol. The summed E-state index contributed by atoms with van der Waals surface area (Å²) in [5.74, 6) is 0. The second-order valence-electron chi connectivity index (χ2n) is 2.90. The minimum absolute atomic E-state index is 0.0258. The van der Waals surface area contributed by atoms with Gasteiger partial charge in [0, 0.05) is 13.1 Å². The molecule has 1 heterocycles. The van der Waals surface area contributed by atoms with Gasteiger partial charge in [-0.25, -0.2) is 0 Å². The lowest BCUT2D eigenvalue weighted by molar-refractivity contribution is -0.0119. The van der Waals surface area contributed by atoms with Gasteiger partial charge in [0.05, 0.1) is 25.4 Å². The third-order valence-corrected chi connectivity index (χ3v) is 1.77. The van der Waals surface area contributed by atoms with E-state index >= 15 is 0 Å². The van der Waals surface area contributed by atoms with Crippen molar-refractivity contribution < 1.29 is 14.9 Å². The first kappa shape index (κ1) is 12.8. The SMILES string of the molecule is NCCN.OCC1CCC(CO)O1. The van der Waals surface area contributed by atoms with E-state index in [4.69, 9.17) is 26.4 Å². The fourth-order valence-electron chi connectivity index (χ4n) is 1.05. The molecule has 6 N–H and O–H groups in total. The van der Waals surface area contributed by atoms with Crippen molar-refractivity contribution in [1.82, 2.24) is 0 Å². The minimum Gasteiger partial charge on any atom is -0.394 e. The Kier molecular flexibility index (Phi) is 8.27. The molecule has 13 heavy (non-hydrogen) atoms. The largest absolute Gasteiger partial charge is 0.394 e. The van der Waals surface area contributed by atoms with Crippen molar-refractivity contribution in [1.29, 1.82) is 0 Å². The van der Waals surface area contributed by atoms with E-state index in [1.807, 2.05) is 0 Å². The van der Waals surface area contributed by atoms with Gasteiger partial charge in [0.15, 0.2) is 0 Å². The molecular formula is C8H20N2O3. The third-order valence-electron chi connectivity index (χ3n) is 1.77. The molecule has 2 unspecified atom stereocenters. The first-order valence-electron chi connectivity index (χ1n) is 4.55. The summed E-state index contributed by atoms with van der Waals surface area (Å²) >= 11 is 0. The van der Waals surface area contributed by atoms with Crippen LogP contribution in [0.1, 0.15) is 12.8 Å². The van der Waals surface area contributed by atoms with E-state index in [1.54, 1.807) is 0 Å². The number of nitrogens with two attached hydrogens (primary N) is 2. The van der Waals surface area contributed by atoms with E-state index in [9.17, 15) is 0 Å². The Hall–Kier alpha value is -0.200. The molecule has 0 aromatic heterocycles. The van der Waals surface area contributed by atoms with E-state index in [2.05, 4.69) is 0 Å². The Labute approximate surface area is 78.7 Å². The fraction of sp³-hybridized carbons (Fsp3) is 1.00. The molecule has 5 heteroatoms. The summed E-state index contributed by atoms with van der Waals surface area (Å²) in [6, 6.07) is 0. The molecule has 1 aliphatic rings. The Morgan fingerprint density at radius 1 is 1.00 bits per heavy atom. The zero-order valence-corrected chi connectivity index (χ0v) is 7.85. The number of ether oxygens (including phenoxy) is 1. The topological polar surface area (TPSA) is 102 Å². The van der Waals surface area contributed by atoms with Gasteiger partial charge in [-0.3, -0.25) is 0 Å². The third kappa shape index (κ3) is 5.95. The van der Waals surface area contributed by atoms with Crippen LogP contribution in [-0.4, -0.2) is 48.7 Å². The molecule has 0 aromatic carbocycles. The molecule has 0 aliphatic carbocycles. The van der Waals surface area contributed by atoms with Crippen molar-refractivity contribution >= 4 is 0 Å². The smallest absolute Gasteiger partial charge is 0.0811 e. The quantitative estimate of drug-likeness (QED) is 0.432. The number of aliphatic hydroxyl groups excluding tert-OH is 2. The van der Waals surface area contributed by atoms with Gasteiger partial charge >= 0.3 is 0 Å². The molecule has 0 bridgehead atoms. The summed E-state index contributed by atoms with van der Waals surface area (Å²) < 4.78 is 5.16. The summed E-state index contributed by atoms with van der Waals surface area (Å²) in [5, 5.41) is 17.1. The summed E-state index contributed by atoms with van der Waals surface area (Å²) in [6.45, 7) is 1.35. The van der Waals surface area contributed by atoms with Crippen molar-refractivity contribution in [2.75, 3.05) is 26.3 Å². The normalized spacial score (nSPS) is 26.8. The fourth-order valence-corrected chi connectivity index (χ4v) is 1.05. The number of hydrogen-bond donors (Lipinski definition) is 4. The molecule has 80 valence electrons. The maximum absolute atomic E-state index is 8.57. The molecule has 1 saturated heterocycles. The lowest BCUT2D eigenvalue weighted by Gasteiger charge is -2.07. The molecule has 0 amide bonds. The highest BCUT2D eigenvalue weighted by Crippen LogP contribution is 2.17. The van der Waals surface area contributed by atoms with E-state index in [1.165, 1.54) is 0 Å². The predicted octanol–water partition coefficient (Wildman–Crippen LogP) is -1.58. The van der Waals surface area contributed by atoms with Gasteiger partial charge in [-0.2, -0.15) is 0 Å². The highest BCUT2D eigenvalue weighted by atomic mass is 16.5. The number of aliphatic hydroxyl groups is 2. The van der Waals surface area contributed by atoms with E-state index in [0.717, 1.165) is 12.8 Å². The van der Waals surface area contributed by atoms with Gasteiger partial charge in [-0.15, -0.1) is 0 Å². The monoisotopic (exact) mass is 192 g/mol. The summed E-state index contributed by atoms with van der Waals surface area (Å²) in [5.41, 5.74) is 9.81. The number of hydrogen-bond acceptors (Lipinski definition) is 5. The van der Waals surface area contributed by atoms with E-state index in [-0.39, 0.29) is 25.4 Å². The summed E-state index contributed by atoms with van der Waals surface area (Å²) in [4.78, 5) is 0. The number of rotatable bonds is 3. The zero-order valence-electron chi connectivity index (χ0n) is 7.85. The van der Waals surface area contributed by atoms with Crippen LogP contribution in [0.2, 0.25) is 0 Å². The zero-order chi connectivity index (χ0) is 10.1. The van der Waals surface area contributed by atoms with Crippen molar-refractivity contribution in [3.63, 3.8) is 0 Å². The Morgan fingerprint density at radius 2 is 1.38 bits per heavy atom. The van der Waals surface area contributed by atoms with E-state index in [0.29, 0.717) is 13.1 Å². The molecule has 5 nitrogen and oxygen atoms in total. The van der Waals surface area contributed by atoms with Crippen LogP contribution in [0.15, 0.2) is 0 Å². The maximum atomic E-state index is 8.57. The molecule has 0 radical (unpaired) electrons. The second-order valence-corrected chi connectivity index (χ2v) is 2.90. The molecule has 2 atom stereocenters. The minimum atomic E-state index is -0.0258.